The van der Waals surface area contributed by atoms with Crippen LogP contribution < -0.4 is 5.32 Å². The van der Waals surface area contributed by atoms with Crippen LogP contribution in [0.25, 0.3) is 11.0 Å². The van der Waals surface area contributed by atoms with E-state index in [4.69, 9.17) is 0 Å². The molecular weight excluding hydrogens is 328 g/mol. The van der Waals surface area contributed by atoms with Gasteiger partial charge < -0.3 is 9.88 Å². The molecule has 2 heterocycles. The van der Waals surface area contributed by atoms with Crippen molar-refractivity contribution in [3.05, 3.63) is 58.6 Å². The standard InChI is InChI=1S/C16H17BrN4/c1-12-19-14-6-2-3-7-15(14)21(12)10-9-18-11-13-5-4-8-16(17)20-13/h2-8,18H,9-11H2,1H3. The number of hydrogen-bond donors (Lipinski definition) is 1. The van der Waals surface area contributed by atoms with E-state index < -0.39 is 0 Å². The molecule has 0 atom stereocenters. The molecule has 3 rings (SSSR count). The molecule has 4 nitrogen and oxygen atoms in total. The van der Waals surface area contributed by atoms with Gasteiger partial charge in [-0.3, -0.25) is 0 Å². The largest absolute Gasteiger partial charge is 0.327 e. The zero-order valence-electron chi connectivity index (χ0n) is 11.9. The fourth-order valence-electron chi connectivity index (χ4n) is 2.43. The first kappa shape index (κ1) is 14.2. The zero-order valence-corrected chi connectivity index (χ0v) is 13.5. The topological polar surface area (TPSA) is 42.7 Å². The smallest absolute Gasteiger partial charge is 0.106 e. The minimum atomic E-state index is 0.769. The van der Waals surface area contributed by atoms with E-state index in [2.05, 4.69) is 60.9 Å². The van der Waals surface area contributed by atoms with Gasteiger partial charge in [0.05, 0.1) is 16.7 Å². The maximum Gasteiger partial charge on any atom is 0.106 e. The van der Waals surface area contributed by atoms with Gasteiger partial charge in [0.25, 0.3) is 0 Å². The molecule has 0 aliphatic heterocycles. The Labute approximate surface area is 132 Å². The summed E-state index contributed by atoms with van der Waals surface area (Å²) in [5, 5.41) is 3.43. The Morgan fingerprint density at radius 2 is 1.95 bits per heavy atom. The van der Waals surface area contributed by atoms with Crippen LogP contribution in [0.15, 0.2) is 47.1 Å². The van der Waals surface area contributed by atoms with Crippen LogP contribution in [0, 0.1) is 6.92 Å². The second kappa shape index (κ2) is 6.37. The molecule has 0 fully saturated rings. The fraction of sp³-hybridized carbons (Fsp3) is 0.250. The van der Waals surface area contributed by atoms with Gasteiger partial charge >= 0.3 is 0 Å². The first-order chi connectivity index (χ1) is 10.2. The maximum atomic E-state index is 4.58. The van der Waals surface area contributed by atoms with Crippen LogP contribution in [0.5, 0.6) is 0 Å². The quantitative estimate of drug-likeness (QED) is 0.570. The highest BCUT2D eigenvalue weighted by Gasteiger charge is 2.05. The summed E-state index contributed by atoms with van der Waals surface area (Å²) in [5.41, 5.74) is 3.29. The second-order valence-electron chi connectivity index (χ2n) is 4.93. The zero-order chi connectivity index (χ0) is 14.7. The molecule has 21 heavy (non-hydrogen) atoms. The SMILES string of the molecule is Cc1nc2ccccc2n1CCNCc1cccc(Br)n1. The number of pyridine rings is 1. The molecule has 0 unspecified atom stereocenters. The first-order valence-corrected chi connectivity index (χ1v) is 7.77. The summed E-state index contributed by atoms with van der Waals surface area (Å²) >= 11 is 3.39. The number of nitrogens with zero attached hydrogens (tertiary/aromatic N) is 3. The highest BCUT2D eigenvalue weighted by Crippen LogP contribution is 2.14. The van der Waals surface area contributed by atoms with Gasteiger partial charge in [0, 0.05) is 19.6 Å². The summed E-state index contributed by atoms with van der Waals surface area (Å²) < 4.78 is 3.12. The van der Waals surface area contributed by atoms with E-state index in [1.807, 2.05) is 24.3 Å². The Morgan fingerprint density at radius 1 is 1.10 bits per heavy atom. The summed E-state index contributed by atoms with van der Waals surface area (Å²) in [5.74, 6) is 1.05. The highest BCUT2D eigenvalue weighted by atomic mass is 79.9. The molecule has 5 heteroatoms. The van der Waals surface area contributed by atoms with Crippen molar-refractivity contribution in [3.63, 3.8) is 0 Å². The van der Waals surface area contributed by atoms with E-state index in [1.54, 1.807) is 0 Å². The minimum Gasteiger partial charge on any atom is -0.327 e. The lowest BCUT2D eigenvalue weighted by molar-refractivity contribution is 0.592. The number of para-hydroxylation sites is 2. The molecule has 0 aliphatic rings. The van der Waals surface area contributed by atoms with Crippen LogP contribution in [0.4, 0.5) is 0 Å². The van der Waals surface area contributed by atoms with E-state index in [0.29, 0.717) is 0 Å². The Kier molecular flexibility index (Phi) is 4.31. The van der Waals surface area contributed by atoms with Crippen LogP contribution in [0.1, 0.15) is 11.5 Å². The minimum absolute atomic E-state index is 0.769. The van der Waals surface area contributed by atoms with Gasteiger partial charge in [-0.05, 0) is 47.1 Å². The van der Waals surface area contributed by atoms with Gasteiger partial charge in [0.15, 0.2) is 0 Å². The average molecular weight is 345 g/mol. The third-order valence-electron chi connectivity index (χ3n) is 3.44. The molecule has 108 valence electrons. The summed E-state index contributed by atoms with van der Waals surface area (Å²) in [6.07, 6.45) is 0. The van der Waals surface area contributed by atoms with E-state index in [1.165, 1.54) is 5.52 Å². The number of fused-ring (bicyclic) bond motifs is 1. The lowest BCUT2D eigenvalue weighted by atomic mass is 10.3. The predicted octanol–water partition coefficient (Wildman–Crippen LogP) is 3.29. The molecule has 0 saturated carbocycles. The van der Waals surface area contributed by atoms with Gasteiger partial charge in [-0.25, -0.2) is 9.97 Å². The van der Waals surface area contributed by atoms with Crippen molar-refractivity contribution in [1.29, 1.82) is 0 Å². The van der Waals surface area contributed by atoms with Gasteiger partial charge in [-0.2, -0.15) is 0 Å². The molecule has 0 aliphatic carbocycles. The molecule has 3 aromatic rings. The molecule has 1 N–H and O–H groups in total. The molecule has 0 bridgehead atoms. The summed E-state index contributed by atoms with van der Waals surface area (Å²) in [6.45, 7) is 4.61. The number of nitrogens with one attached hydrogen (secondary N) is 1. The maximum absolute atomic E-state index is 4.58. The van der Waals surface area contributed by atoms with Crippen LogP contribution in [-0.4, -0.2) is 21.1 Å². The van der Waals surface area contributed by atoms with Crippen LogP contribution in [0.3, 0.4) is 0 Å². The Hall–Kier alpha value is -1.72. The first-order valence-electron chi connectivity index (χ1n) is 6.98. The fourth-order valence-corrected chi connectivity index (χ4v) is 2.81. The summed E-state index contributed by atoms with van der Waals surface area (Å²) in [4.78, 5) is 8.99. The van der Waals surface area contributed by atoms with E-state index in [-0.39, 0.29) is 0 Å². The molecule has 1 aromatic carbocycles. The Morgan fingerprint density at radius 3 is 2.81 bits per heavy atom. The van der Waals surface area contributed by atoms with Gasteiger partial charge in [0.2, 0.25) is 0 Å². The van der Waals surface area contributed by atoms with Crippen molar-refractivity contribution in [2.45, 2.75) is 20.0 Å². The number of halogens is 1. The summed E-state index contributed by atoms with van der Waals surface area (Å²) in [7, 11) is 0. The predicted molar refractivity (Wildman–Crippen MR) is 88.1 cm³/mol. The van der Waals surface area contributed by atoms with Crippen molar-refractivity contribution < 1.29 is 0 Å². The molecule has 0 amide bonds. The van der Waals surface area contributed by atoms with Crippen molar-refractivity contribution in [2.75, 3.05) is 6.54 Å². The van der Waals surface area contributed by atoms with Gasteiger partial charge in [-0.1, -0.05) is 18.2 Å². The number of aryl methyl sites for hydroxylation is 1. The number of rotatable bonds is 5. The van der Waals surface area contributed by atoms with E-state index in [0.717, 1.165) is 41.3 Å². The molecule has 0 radical (unpaired) electrons. The number of benzene rings is 1. The van der Waals surface area contributed by atoms with E-state index >= 15 is 0 Å². The van der Waals surface area contributed by atoms with Crippen molar-refractivity contribution in [1.82, 2.24) is 19.9 Å². The van der Waals surface area contributed by atoms with E-state index in [9.17, 15) is 0 Å². The number of hydrogen-bond acceptors (Lipinski definition) is 3. The van der Waals surface area contributed by atoms with Gasteiger partial charge in [-0.15, -0.1) is 0 Å². The Balaban J connectivity index is 1.61. The molecule has 2 aromatic heterocycles. The van der Waals surface area contributed by atoms with Crippen LogP contribution in [-0.2, 0) is 13.1 Å². The lowest BCUT2D eigenvalue weighted by Crippen LogP contribution is -2.20. The van der Waals surface area contributed by atoms with Gasteiger partial charge in [0.1, 0.15) is 10.4 Å². The number of aromatic nitrogens is 3. The number of imidazole rings is 1. The summed E-state index contributed by atoms with van der Waals surface area (Å²) in [6, 6.07) is 14.2. The monoisotopic (exact) mass is 344 g/mol. The lowest BCUT2D eigenvalue weighted by Gasteiger charge is -2.08. The third-order valence-corrected chi connectivity index (χ3v) is 3.88. The normalized spacial score (nSPS) is 11.1. The highest BCUT2D eigenvalue weighted by molar-refractivity contribution is 9.10. The Bertz CT molecular complexity index is 751. The van der Waals surface area contributed by atoms with Crippen molar-refractivity contribution >= 4 is 27.0 Å². The molecule has 0 saturated heterocycles. The molecular formula is C16H17BrN4. The van der Waals surface area contributed by atoms with Crippen LogP contribution >= 0.6 is 15.9 Å². The van der Waals surface area contributed by atoms with Crippen LogP contribution in [0.2, 0.25) is 0 Å². The average Bonchev–Trinajstić information content (AvgIpc) is 2.79. The third kappa shape index (κ3) is 3.31. The van der Waals surface area contributed by atoms with Crippen molar-refractivity contribution in [2.24, 2.45) is 0 Å². The second-order valence-corrected chi connectivity index (χ2v) is 5.74. The van der Waals surface area contributed by atoms with Crippen molar-refractivity contribution in [3.8, 4) is 0 Å². The molecule has 0 spiro atoms.